The molecule has 0 aromatic heterocycles. The molecule has 0 saturated carbocycles. The molecule has 1 saturated heterocycles. The number of aliphatic hydroxyl groups excluding tert-OH is 1. The average molecular weight is 224 g/mol. The minimum Gasteiger partial charge on any atom is -0.390 e. The highest BCUT2D eigenvalue weighted by molar-refractivity contribution is 5.77. The van der Waals surface area contributed by atoms with Gasteiger partial charge in [-0.25, -0.2) is 0 Å². The van der Waals surface area contributed by atoms with Gasteiger partial charge >= 0.3 is 0 Å². The molecule has 1 heterocycles. The van der Waals surface area contributed by atoms with E-state index in [9.17, 15) is 9.90 Å². The first-order valence-electron chi connectivity index (χ1n) is 5.99. The third kappa shape index (κ3) is 2.44. The van der Waals surface area contributed by atoms with Crippen LogP contribution in [0, 0.1) is 5.92 Å². The molecule has 0 spiro atoms. The average Bonchev–Trinajstić information content (AvgIpc) is 2.88. The zero-order valence-corrected chi connectivity index (χ0v) is 9.72. The van der Waals surface area contributed by atoms with Crippen LogP contribution in [0.3, 0.4) is 0 Å². The lowest BCUT2D eigenvalue weighted by atomic mass is 10.0. The fourth-order valence-electron chi connectivity index (χ4n) is 2.46. The number of rotatable bonds is 3. The van der Waals surface area contributed by atoms with Crippen LogP contribution in [0.25, 0.3) is 0 Å². The first kappa shape index (κ1) is 11.6. The highest BCUT2D eigenvalue weighted by Crippen LogP contribution is 2.22. The van der Waals surface area contributed by atoms with Crippen molar-refractivity contribution in [2.75, 3.05) is 20.1 Å². The minimum atomic E-state index is -0.423. The van der Waals surface area contributed by atoms with Crippen LogP contribution in [-0.4, -0.2) is 48.2 Å². The highest BCUT2D eigenvalue weighted by atomic mass is 16.3. The van der Waals surface area contributed by atoms with Crippen molar-refractivity contribution in [3.05, 3.63) is 12.2 Å². The van der Waals surface area contributed by atoms with Gasteiger partial charge in [0.05, 0.1) is 12.1 Å². The summed E-state index contributed by atoms with van der Waals surface area (Å²) in [5, 5.41) is 12.8. The molecule has 90 valence electrons. The summed E-state index contributed by atoms with van der Waals surface area (Å²) in [7, 11) is 1.79. The van der Waals surface area contributed by atoms with E-state index in [1.165, 1.54) is 0 Å². The second-order valence-electron chi connectivity index (χ2n) is 4.77. The van der Waals surface area contributed by atoms with Crippen molar-refractivity contribution in [3.63, 3.8) is 0 Å². The molecule has 4 nitrogen and oxygen atoms in total. The lowest BCUT2D eigenvalue weighted by Crippen LogP contribution is -2.44. The van der Waals surface area contributed by atoms with Crippen LogP contribution in [0.4, 0.5) is 0 Å². The van der Waals surface area contributed by atoms with E-state index in [2.05, 4.69) is 17.5 Å². The van der Waals surface area contributed by atoms with Gasteiger partial charge in [-0.1, -0.05) is 12.2 Å². The van der Waals surface area contributed by atoms with Crippen molar-refractivity contribution in [3.8, 4) is 0 Å². The molecule has 0 bridgehead atoms. The van der Waals surface area contributed by atoms with Crippen LogP contribution in [-0.2, 0) is 4.79 Å². The lowest BCUT2D eigenvalue weighted by Gasteiger charge is -2.27. The molecule has 0 aromatic carbocycles. The number of aliphatic hydroxyl groups is 1. The molecule has 1 amide bonds. The quantitative estimate of drug-likeness (QED) is 0.670. The van der Waals surface area contributed by atoms with E-state index in [0.717, 1.165) is 12.8 Å². The van der Waals surface area contributed by atoms with Crippen LogP contribution >= 0.6 is 0 Å². The highest BCUT2D eigenvalue weighted by Gasteiger charge is 2.31. The van der Waals surface area contributed by atoms with E-state index in [1.807, 2.05) is 0 Å². The zero-order chi connectivity index (χ0) is 11.5. The standard InChI is InChI=1S/C12H20N2O2/c1-14(10-7-13-8-11(10)15)12(16)6-9-4-2-3-5-9/h2,4,9-11,13,15H,3,5-8H2,1H3/t9?,10-,11-/m0/s1. The normalized spacial score (nSPS) is 33.2. The summed E-state index contributed by atoms with van der Waals surface area (Å²) in [6.07, 6.45) is 6.61. The summed E-state index contributed by atoms with van der Waals surface area (Å²) in [5.41, 5.74) is 0. The second kappa shape index (κ2) is 4.97. The van der Waals surface area contributed by atoms with Crippen molar-refractivity contribution in [1.82, 2.24) is 10.2 Å². The molecular weight excluding hydrogens is 204 g/mol. The second-order valence-corrected chi connectivity index (χ2v) is 4.77. The van der Waals surface area contributed by atoms with Crippen LogP contribution in [0.2, 0.25) is 0 Å². The van der Waals surface area contributed by atoms with Gasteiger partial charge in [0, 0.05) is 26.6 Å². The van der Waals surface area contributed by atoms with Crippen molar-refractivity contribution in [1.29, 1.82) is 0 Å². The number of nitrogens with zero attached hydrogens (tertiary/aromatic N) is 1. The maximum Gasteiger partial charge on any atom is 0.223 e. The Hall–Kier alpha value is -0.870. The van der Waals surface area contributed by atoms with Crippen molar-refractivity contribution in [2.24, 2.45) is 5.92 Å². The van der Waals surface area contributed by atoms with Gasteiger partial charge in [0.25, 0.3) is 0 Å². The number of carbonyl (C=O) groups is 1. The van der Waals surface area contributed by atoms with Crippen LogP contribution < -0.4 is 5.32 Å². The predicted molar refractivity (Wildman–Crippen MR) is 61.9 cm³/mol. The Morgan fingerprint density at radius 3 is 2.94 bits per heavy atom. The first-order valence-corrected chi connectivity index (χ1v) is 5.99. The third-order valence-corrected chi connectivity index (χ3v) is 3.59. The number of allylic oxidation sites excluding steroid dienone is 2. The topological polar surface area (TPSA) is 52.6 Å². The van der Waals surface area contributed by atoms with Crippen molar-refractivity contribution in [2.45, 2.75) is 31.4 Å². The van der Waals surface area contributed by atoms with Gasteiger partial charge in [0.15, 0.2) is 0 Å². The number of likely N-dealkylation sites (N-methyl/N-ethyl adjacent to an activating group) is 1. The number of hydrogen-bond acceptors (Lipinski definition) is 3. The Kier molecular flexibility index (Phi) is 3.61. The van der Waals surface area contributed by atoms with Crippen molar-refractivity contribution >= 4 is 5.91 Å². The van der Waals surface area contributed by atoms with Crippen molar-refractivity contribution < 1.29 is 9.90 Å². The molecule has 4 heteroatoms. The molecule has 2 aliphatic rings. The fourth-order valence-corrected chi connectivity index (χ4v) is 2.46. The molecule has 2 rings (SSSR count). The maximum absolute atomic E-state index is 12.0. The van der Waals surface area contributed by atoms with Gasteiger partial charge in [-0.3, -0.25) is 4.79 Å². The summed E-state index contributed by atoms with van der Waals surface area (Å²) < 4.78 is 0. The third-order valence-electron chi connectivity index (χ3n) is 3.59. The minimum absolute atomic E-state index is 0.0575. The van der Waals surface area contributed by atoms with Gasteiger partial charge < -0.3 is 15.3 Å². The van der Waals surface area contributed by atoms with E-state index in [0.29, 0.717) is 25.4 Å². The number of carbonyl (C=O) groups excluding carboxylic acids is 1. The maximum atomic E-state index is 12.0. The van der Waals surface area contributed by atoms with E-state index in [1.54, 1.807) is 11.9 Å². The fraction of sp³-hybridized carbons (Fsp3) is 0.750. The first-order chi connectivity index (χ1) is 7.68. The summed E-state index contributed by atoms with van der Waals surface area (Å²) in [6, 6.07) is -0.0575. The monoisotopic (exact) mass is 224 g/mol. The van der Waals surface area contributed by atoms with Crippen LogP contribution in [0.1, 0.15) is 19.3 Å². The summed E-state index contributed by atoms with van der Waals surface area (Å²) in [4.78, 5) is 13.7. The molecule has 2 N–H and O–H groups in total. The smallest absolute Gasteiger partial charge is 0.223 e. The molecular formula is C12H20N2O2. The van der Waals surface area contributed by atoms with Gasteiger partial charge in [-0.05, 0) is 18.8 Å². The zero-order valence-electron chi connectivity index (χ0n) is 9.72. The van der Waals surface area contributed by atoms with Gasteiger partial charge in [-0.15, -0.1) is 0 Å². The number of hydrogen-bond donors (Lipinski definition) is 2. The molecule has 0 radical (unpaired) electrons. The van der Waals surface area contributed by atoms with Gasteiger partial charge in [0.2, 0.25) is 5.91 Å². The van der Waals surface area contributed by atoms with E-state index in [-0.39, 0.29) is 11.9 Å². The summed E-state index contributed by atoms with van der Waals surface area (Å²) >= 11 is 0. The van der Waals surface area contributed by atoms with Crippen LogP contribution in [0.5, 0.6) is 0 Å². The Morgan fingerprint density at radius 2 is 2.38 bits per heavy atom. The lowest BCUT2D eigenvalue weighted by molar-refractivity contribution is -0.133. The summed E-state index contributed by atoms with van der Waals surface area (Å²) in [5.74, 6) is 0.547. The number of nitrogens with one attached hydrogen (secondary N) is 1. The largest absolute Gasteiger partial charge is 0.390 e. The molecule has 3 atom stereocenters. The number of amides is 1. The molecule has 1 aliphatic heterocycles. The Balaban J connectivity index is 1.86. The molecule has 1 unspecified atom stereocenters. The Labute approximate surface area is 96.3 Å². The SMILES string of the molecule is CN(C(=O)CC1C=CCC1)[C@H]1CNC[C@@H]1O. The van der Waals surface area contributed by atoms with Gasteiger partial charge in [-0.2, -0.15) is 0 Å². The van der Waals surface area contributed by atoms with E-state index in [4.69, 9.17) is 0 Å². The van der Waals surface area contributed by atoms with E-state index < -0.39 is 6.10 Å². The molecule has 1 fully saturated rings. The molecule has 1 aliphatic carbocycles. The predicted octanol–water partition coefficient (Wildman–Crippen LogP) is 0.134. The Morgan fingerprint density at radius 1 is 1.56 bits per heavy atom. The summed E-state index contributed by atoms with van der Waals surface area (Å²) in [6.45, 7) is 1.29. The Bertz CT molecular complexity index is 291. The van der Waals surface area contributed by atoms with E-state index >= 15 is 0 Å². The number of β-amino-alcohol motifs (C(OH)–C–C–N with tert-alkyl or cyclic N) is 1. The van der Waals surface area contributed by atoms with Crippen LogP contribution in [0.15, 0.2) is 12.2 Å². The molecule has 0 aromatic rings. The van der Waals surface area contributed by atoms with Gasteiger partial charge in [0.1, 0.15) is 0 Å². The molecule has 16 heavy (non-hydrogen) atoms.